The molecule has 2 heterocycles. The third kappa shape index (κ3) is 2.34. The van der Waals surface area contributed by atoms with E-state index in [4.69, 9.17) is 11.5 Å². The molecule has 1 aromatic carbocycles. The summed E-state index contributed by atoms with van der Waals surface area (Å²) in [5, 5.41) is 0. The maximum Gasteiger partial charge on any atom is 0.123 e. The number of hydrogen-bond acceptors (Lipinski definition) is 4. The Morgan fingerprint density at radius 3 is 2.45 bits per heavy atom. The highest BCUT2D eigenvalue weighted by molar-refractivity contribution is 5.74. The van der Waals surface area contributed by atoms with Crippen molar-refractivity contribution >= 4 is 11.0 Å². The Kier molecular flexibility index (Phi) is 3.60. The molecule has 0 fully saturated rings. The van der Waals surface area contributed by atoms with E-state index in [1.54, 1.807) is 24.5 Å². The van der Waals surface area contributed by atoms with Gasteiger partial charge in [-0.3, -0.25) is 9.97 Å². The van der Waals surface area contributed by atoms with Crippen LogP contribution in [0.2, 0.25) is 0 Å². The molecule has 3 aromatic rings. The summed E-state index contributed by atoms with van der Waals surface area (Å²) in [6.45, 7) is 1.83. The van der Waals surface area contributed by atoms with Gasteiger partial charge in [-0.05, 0) is 48.4 Å². The molecule has 4 nitrogen and oxygen atoms in total. The van der Waals surface area contributed by atoms with Crippen LogP contribution < -0.4 is 11.5 Å². The second-order valence-electron chi connectivity index (χ2n) is 5.43. The smallest absolute Gasteiger partial charge is 0.123 e. The Bertz CT molecular complexity index is 801. The van der Waals surface area contributed by atoms with E-state index in [1.807, 2.05) is 25.1 Å². The molecule has 0 saturated carbocycles. The quantitative estimate of drug-likeness (QED) is 0.777. The second-order valence-corrected chi connectivity index (χ2v) is 5.43. The lowest BCUT2D eigenvalue weighted by Crippen LogP contribution is -2.51. The summed E-state index contributed by atoms with van der Waals surface area (Å²) in [6, 6.07) is 11.3. The Balaban J connectivity index is 2.18. The number of benzene rings is 1. The molecular formula is C17H17FN4. The van der Waals surface area contributed by atoms with E-state index in [0.717, 1.165) is 22.2 Å². The molecule has 0 aliphatic carbocycles. The van der Waals surface area contributed by atoms with Crippen LogP contribution in [0.3, 0.4) is 0 Å². The number of nitrogens with zero attached hydrogens (tertiary/aromatic N) is 2. The molecule has 0 saturated heterocycles. The number of rotatable bonds is 3. The van der Waals surface area contributed by atoms with Crippen LogP contribution in [0.4, 0.5) is 4.39 Å². The topological polar surface area (TPSA) is 77.8 Å². The molecule has 0 aliphatic rings. The summed E-state index contributed by atoms with van der Waals surface area (Å²) >= 11 is 0. The third-order valence-corrected chi connectivity index (χ3v) is 3.97. The van der Waals surface area contributed by atoms with Gasteiger partial charge in [0.05, 0.1) is 16.6 Å². The zero-order valence-electron chi connectivity index (χ0n) is 12.2. The first-order valence-corrected chi connectivity index (χ1v) is 7.03. The molecule has 2 aromatic heterocycles. The number of hydrogen-bond donors (Lipinski definition) is 2. The van der Waals surface area contributed by atoms with Gasteiger partial charge < -0.3 is 11.5 Å². The van der Waals surface area contributed by atoms with E-state index < -0.39 is 5.54 Å². The van der Waals surface area contributed by atoms with E-state index in [-0.39, 0.29) is 11.9 Å². The normalized spacial score (nSPS) is 15.5. The van der Waals surface area contributed by atoms with Crippen LogP contribution in [0.5, 0.6) is 0 Å². The Morgan fingerprint density at radius 2 is 1.77 bits per heavy atom. The van der Waals surface area contributed by atoms with Gasteiger partial charge in [-0.1, -0.05) is 12.1 Å². The number of nitrogens with two attached hydrogens (primary N) is 2. The maximum absolute atomic E-state index is 13.2. The van der Waals surface area contributed by atoms with Crippen molar-refractivity contribution in [3.63, 3.8) is 0 Å². The van der Waals surface area contributed by atoms with Crippen LogP contribution in [0, 0.1) is 5.82 Å². The highest BCUT2D eigenvalue weighted by Gasteiger charge is 2.34. The molecule has 0 amide bonds. The molecule has 0 aliphatic heterocycles. The SMILES string of the molecule is CC(N)[C@](N)(c1ccc(F)cc1)c1cnc2cccnc2c1. The molecular weight excluding hydrogens is 279 g/mol. The zero-order chi connectivity index (χ0) is 15.7. The lowest BCUT2D eigenvalue weighted by atomic mass is 9.79. The average molecular weight is 296 g/mol. The van der Waals surface area contributed by atoms with Crippen molar-refractivity contribution in [2.75, 3.05) is 0 Å². The monoisotopic (exact) mass is 296 g/mol. The van der Waals surface area contributed by atoms with Gasteiger partial charge in [0.15, 0.2) is 0 Å². The third-order valence-electron chi connectivity index (χ3n) is 3.97. The van der Waals surface area contributed by atoms with Gasteiger partial charge in [0, 0.05) is 18.4 Å². The summed E-state index contributed by atoms with van der Waals surface area (Å²) in [4.78, 5) is 8.70. The van der Waals surface area contributed by atoms with E-state index >= 15 is 0 Å². The molecule has 0 spiro atoms. The van der Waals surface area contributed by atoms with Crippen LogP contribution in [0.25, 0.3) is 11.0 Å². The fourth-order valence-electron chi connectivity index (χ4n) is 2.60. The predicted molar refractivity (Wildman–Crippen MR) is 84.6 cm³/mol. The van der Waals surface area contributed by atoms with Gasteiger partial charge in [-0.2, -0.15) is 0 Å². The summed E-state index contributed by atoms with van der Waals surface area (Å²) in [5.41, 5.74) is 14.8. The molecule has 4 N–H and O–H groups in total. The highest BCUT2D eigenvalue weighted by Crippen LogP contribution is 2.30. The fraction of sp³-hybridized carbons (Fsp3) is 0.176. The van der Waals surface area contributed by atoms with Gasteiger partial charge in [0.2, 0.25) is 0 Å². The molecule has 2 atom stereocenters. The Hall–Kier alpha value is -2.37. The van der Waals surface area contributed by atoms with Crippen molar-refractivity contribution in [2.24, 2.45) is 11.5 Å². The summed E-state index contributed by atoms with van der Waals surface area (Å²) < 4.78 is 13.2. The molecule has 3 rings (SSSR count). The highest BCUT2D eigenvalue weighted by atomic mass is 19.1. The van der Waals surface area contributed by atoms with E-state index in [0.29, 0.717) is 0 Å². The Labute approximate surface area is 128 Å². The Morgan fingerprint density at radius 1 is 1.05 bits per heavy atom. The first-order chi connectivity index (χ1) is 10.5. The minimum atomic E-state index is -0.966. The van der Waals surface area contributed by atoms with E-state index in [1.165, 1.54) is 12.1 Å². The molecule has 22 heavy (non-hydrogen) atoms. The summed E-state index contributed by atoms with van der Waals surface area (Å²) in [5.74, 6) is -0.311. The second kappa shape index (κ2) is 5.44. The van der Waals surface area contributed by atoms with Crippen LogP contribution in [0.15, 0.2) is 54.9 Å². The lowest BCUT2D eigenvalue weighted by Gasteiger charge is -2.34. The summed E-state index contributed by atoms with van der Waals surface area (Å²) in [6.07, 6.45) is 3.41. The van der Waals surface area contributed by atoms with Crippen molar-refractivity contribution in [2.45, 2.75) is 18.5 Å². The van der Waals surface area contributed by atoms with Crippen molar-refractivity contribution in [1.29, 1.82) is 0 Å². The first-order valence-electron chi connectivity index (χ1n) is 7.03. The van der Waals surface area contributed by atoms with Crippen molar-refractivity contribution in [1.82, 2.24) is 9.97 Å². The lowest BCUT2D eigenvalue weighted by molar-refractivity contribution is 0.444. The fourth-order valence-corrected chi connectivity index (χ4v) is 2.60. The molecule has 0 bridgehead atoms. The van der Waals surface area contributed by atoms with Gasteiger partial charge in [-0.25, -0.2) is 4.39 Å². The standard InChI is InChI=1S/C17H17FN4/c1-11(19)17(20,12-4-6-14(18)7-5-12)13-9-16-15(22-10-13)3-2-8-21-16/h2-11H,19-20H2,1H3/t11?,17-/m0/s1. The van der Waals surface area contributed by atoms with Crippen LogP contribution in [-0.4, -0.2) is 16.0 Å². The van der Waals surface area contributed by atoms with Crippen LogP contribution in [-0.2, 0) is 5.54 Å². The molecule has 1 unspecified atom stereocenters. The predicted octanol–water partition coefficient (Wildman–Crippen LogP) is 2.32. The number of pyridine rings is 2. The number of fused-ring (bicyclic) bond motifs is 1. The van der Waals surface area contributed by atoms with Gasteiger partial charge >= 0.3 is 0 Å². The largest absolute Gasteiger partial charge is 0.326 e. The van der Waals surface area contributed by atoms with E-state index in [2.05, 4.69) is 9.97 Å². The van der Waals surface area contributed by atoms with Crippen molar-refractivity contribution in [3.8, 4) is 0 Å². The maximum atomic E-state index is 13.2. The molecule has 112 valence electrons. The first kappa shape index (κ1) is 14.6. The summed E-state index contributed by atoms with van der Waals surface area (Å²) in [7, 11) is 0. The van der Waals surface area contributed by atoms with Crippen molar-refractivity contribution < 1.29 is 4.39 Å². The van der Waals surface area contributed by atoms with Gasteiger partial charge in [-0.15, -0.1) is 0 Å². The van der Waals surface area contributed by atoms with Crippen LogP contribution in [0.1, 0.15) is 18.1 Å². The minimum absolute atomic E-state index is 0.311. The van der Waals surface area contributed by atoms with Crippen molar-refractivity contribution in [3.05, 3.63) is 71.8 Å². The van der Waals surface area contributed by atoms with E-state index in [9.17, 15) is 4.39 Å². The van der Waals surface area contributed by atoms with Crippen LogP contribution >= 0.6 is 0 Å². The van der Waals surface area contributed by atoms with Gasteiger partial charge in [0.25, 0.3) is 0 Å². The average Bonchev–Trinajstić information content (AvgIpc) is 2.54. The molecule has 5 heteroatoms. The number of halogens is 1. The minimum Gasteiger partial charge on any atom is -0.326 e. The number of aromatic nitrogens is 2. The molecule has 0 radical (unpaired) electrons. The van der Waals surface area contributed by atoms with Gasteiger partial charge in [0.1, 0.15) is 5.82 Å². The zero-order valence-corrected chi connectivity index (χ0v) is 12.2.